The topological polar surface area (TPSA) is 17.8 Å². The largest absolute Gasteiger partial charge is 0.449 e. The Hall–Kier alpha value is -2.51. The SMILES string of the molecule is Cc1cc2nc(C(F)(F)F)n(Cc3ccc(C(F)(F)F)cc3)c2cc1C. The minimum atomic E-state index is -4.67. The predicted octanol–water partition coefficient (Wildman–Crippen LogP) is 5.74. The van der Waals surface area contributed by atoms with Crippen molar-refractivity contribution in [2.45, 2.75) is 32.7 Å². The molecular weight excluding hydrogens is 358 g/mol. The Labute approximate surface area is 145 Å². The van der Waals surface area contributed by atoms with Crippen LogP contribution in [-0.2, 0) is 18.9 Å². The number of hydrogen-bond donors (Lipinski definition) is 0. The predicted molar refractivity (Wildman–Crippen MR) is 84.8 cm³/mol. The summed E-state index contributed by atoms with van der Waals surface area (Å²) in [6.07, 6.45) is -9.17. The van der Waals surface area contributed by atoms with Gasteiger partial charge in [-0.15, -0.1) is 0 Å². The molecule has 0 radical (unpaired) electrons. The van der Waals surface area contributed by atoms with Crippen LogP contribution in [0.15, 0.2) is 36.4 Å². The van der Waals surface area contributed by atoms with E-state index in [4.69, 9.17) is 0 Å². The molecule has 0 saturated heterocycles. The maximum atomic E-state index is 13.4. The molecule has 26 heavy (non-hydrogen) atoms. The third kappa shape index (κ3) is 3.40. The van der Waals surface area contributed by atoms with Gasteiger partial charge in [0.15, 0.2) is 0 Å². The van der Waals surface area contributed by atoms with Crippen molar-refractivity contribution in [2.24, 2.45) is 0 Å². The lowest BCUT2D eigenvalue weighted by molar-refractivity contribution is -0.146. The van der Waals surface area contributed by atoms with Gasteiger partial charge in [-0.2, -0.15) is 26.3 Å². The van der Waals surface area contributed by atoms with E-state index >= 15 is 0 Å². The fourth-order valence-corrected chi connectivity index (χ4v) is 2.74. The molecule has 0 atom stereocenters. The zero-order valence-electron chi connectivity index (χ0n) is 13.8. The molecule has 0 aliphatic carbocycles. The van der Waals surface area contributed by atoms with Crippen LogP contribution in [0.4, 0.5) is 26.3 Å². The van der Waals surface area contributed by atoms with E-state index in [0.29, 0.717) is 11.1 Å². The Bertz CT molecular complexity index is 949. The van der Waals surface area contributed by atoms with Gasteiger partial charge >= 0.3 is 12.4 Å². The van der Waals surface area contributed by atoms with Gasteiger partial charge in [0.2, 0.25) is 5.82 Å². The summed E-state index contributed by atoms with van der Waals surface area (Å²) in [5.74, 6) is -1.07. The molecule has 0 bridgehead atoms. The van der Waals surface area contributed by atoms with Crippen molar-refractivity contribution in [1.82, 2.24) is 9.55 Å². The zero-order valence-corrected chi connectivity index (χ0v) is 13.8. The number of imidazole rings is 1. The van der Waals surface area contributed by atoms with Crippen LogP contribution >= 0.6 is 0 Å². The Morgan fingerprint density at radius 1 is 0.846 bits per heavy atom. The molecule has 0 N–H and O–H groups in total. The van der Waals surface area contributed by atoms with E-state index in [1.54, 1.807) is 26.0 Å². The van der Waals surface area contributed by atoms with Gasteiger partial charge in [0, 0.05) is 6.54 Å². The van der Waals surface area contributed by atoms with Gasteiger partial charge in [-0.1, -0.05) is 12.1 Å². The number of aryl methyl sites for hydroxylation is 2. The van der Waals surface area contributed by atoms with Crippen molar-refractivity contribution in [1.29, 1.82) is 0 Å². The van der Waals surface area contributed by atoms with E-state index in [-0.39, 0.29) is 12.1 Å². The normalized spacial score (nSPS) is 12.8. The number of alkyl halides is 6. The average Bonchev–Trinajstić information content (AvgIpc) is 2.85. The Morgan fingerprint density at radius 2 is 1.42 bits per heavy atom. The number of aromatic nitrogens is 2. The summed E-state index contributed by atoms with van der Waals surface area (Å²) in [7, 11) is 0. The molecule has 0 fully saturated rings. The molecule has 0 saturated carbocycles. The second kappa shape index (κ2) is 6.03. The van der Waals surface area contributed by atoms with Crippen LogP contribution in [-0.4, -0.2) is 9.55 Å². The summed E-state index contributed by atoms with van der Waals surface area (Å²) in [5, 5.41) is 0. The lowest BCUT2D eigenvalue weighted by atomic mass is 10.1. The molecule has 138 valence electrons. The maximum absolute atomic E-state index is 13.4. The third-order valence-electron chi connectivity index (χ3n) is 4.24. The quantitative estimate of drug-likeness (QED) is 0.525. The minimum Gasteiger partial charge on any atom is -0.316 e. The van der Waals surface area contributed by atoms with Crippen LogP contribution in [0.2, 0.25) is 0 Å². The smallest absolute Gasteiger partial charge is 0.316 e. The standard InChI is InChI=1S/C18H14F6N2/c1-10-7-14-15(8-11(10)2)26(16(25-14)18(22,23)24)9-12-3-5-13(6-4-12)17(19,20)21/h3-8H,9H2,1-2H3. The van der Waals surface area contributed by atoms with Crippen LogP contribution in [0.3, 0.4) is 0 Å². The molecule has 1 heterocycles. The first kappa shape index (κ1) is 18.3. The fraction of sp³-hybridized carbons (Fsp3) is 0.278. The highest BCUT2D eigenvalue weighted by Crippen LogP contribution is 2.33. The van der Waals surface area contributed by atoms with Crippen LogP contribution in [0.5, 0.6) is 0 Å². The lowest BCUT2D eigenvalue weighted by Gasteiger charge is -2.13. The van der Waals surface area contributed by atoms with Crippen molar-refractivity contribution in [3.8, 4) is 0 Å². The van der Waals surface area contributed by atoms with E-state index in [2.05, 4.69) is 4.98 Å². The molecule has 3 rings (SSSR count). The summed E-state index contributed by atoms with van der Waals surface area (Å²) in [4.78, 5) is 3.70. The van der Waals surface area contributed by atoms with Gasteiger partial charge in [0.25, 0.3) is 0 Å². The molecule has 2 nitrogen and oxygen atoms in total. The number of halogens is 6. The zero-order chi connectivity index (χ0) is 19.3. The summed E-state index contributed by atoms with van der Waals surface area (Å²) < 4.78 is 79.1. The number of rotatable bonds is 2. The molecule has 2 aromatic carbocycles. The summed E-state index contributed by atoms with van der Waals surface area (Å²) in [6, 6.07) is 7.25. The number of benzene rings is 2. The molecule has 0 amide bonds. The van der Waals surface area contributed by atoms with Gasteiger partial charge in [0.05, 0.1) is 16.6 Å². The lowest BCUT2D eigenvalue weighted by Crippen LogP contribution is -2.15. The Balaban J connectivity index is 2.10. The number of hydrogen-bond acceptors (Lipinski definition) is 1. The van der Waals surface area contributed by atoms with Crippen molar-refractivity contribution < 1.29 is 26.3 Å². The number of fused-ring (bicyclic) bond motifs is 1. The first-order chi connectivity index (χ1) is 12.0. The molecule has 0 spiro atoms. The van der Waals surface area contributed by atoms with Crippen LogP contribution in [0.25, 0.3) is 11.0 Å². The van der Waals surface area contributed by atoms with E-state index in [1.165, 1.54) is 12.1 Å². The van der Waals surface area contributed by atoms with E-state index in [1.807, 2.05) is 0 Å². The molecule has 1 aromatic heterocycles. The monoisotopic (exact) mass is 372 g/mol. The second-order valence-electron chi connectivity index (χ2n) is 6.14. The first-order valence-corrected chi connectivity index (χ1v) is 7.67. The second-order valence-corrected chi connectivity index (χ2v) is 6.14. The van der Waals surface area contributed by atoms with Gasteiger partial charge in [-0.25, -0.2) is 4.98 Å². The third-order valence-corrected chi connectivity index (χ3v) is 4.24. The first-order valence-electron chi connectivity index (χ1n) is 7.67. The van der Waals surface area contributed by atoms with Crippen LogP contribution in [0, 0.1) is 13.8 Å². The maximum Gasteiger partial charge on any atom is 0.449 e. The van der Waals surface area contributed by atoms with E-state index < -0.39 is 23.7 Å². The van der Waals surface area contributed by atoms with Gasteiger partial charge in [-0.3, -0.25) is 0 Å². The van der Waals surface area contributed by atoms with Crippen molar-refractivity contribution in [3.05, 3.63) is 64.5 Å². The highest BCUT2D eigenvalue weighted by atomic mass is 19.4. The summed E-state index contributed by atoms with van der Waals surface area (Å²) in [6.45, 7) is 3.32. The molecule has 8 heteroatoms. The van der Waals surface area contributed by atoms with E-state index in [9.17, 15) is 26.3 Å². The van der Waals surface area contributed by atoms with Gasteiger partial charge < -0.3 is 4.57 Å². The molecular formula is C18H14F6N2. The van der Waals surface area contributed by atoms with Gasteiger partial charge in [0.1, 0.15) is 0 Å². The molecule has 0 aliphatic rings. The molecule has 0 unspecified atom stereocenters. The van der Waals surface area contributed by atoms with Crippen molar-refractivity contribution in [2.75, 3.05) is 0 Å². The van der Waals surface area contributed by atoms with Crippen LogP contribution < -0.4 is 0 Å². The highest BCUT2D eigenvalue weighted by Gasteiger charge is 2.37. The summed E-state index contributed by atoms with van der Waals surface area (Å²) in [5.41, 5.74) is 1.58. The Morgan fingerprint density at radius 3 is 1.96 bits per heavy atom. The van der Waals surface area contributed by atoms with Crippen molar-refractivity contribution in [3.63, 3.8) is 0 Å². The van der Waals surface area contributed by atoms with Gasteiger partial charge in [-0.05, 0) is 54.8 Å². The molecule has 3 aromatic rings. The van der Waals surface area contributed by atoms with Crippen molar-refractivity contribution >= 4 is 11.0 Å². The minimum absolute atomic E-state index is 0.201. The Kier molecular flexibility index (Phi) is 4.24. The van der Waals surface area contributed by atoms with Crippen LogP contribution in [0.1, 0.15) is 28.1 Å². The van der Waals surface area contributed by atoms with E-state index in [0.717, 1.165) is 27.8 Å². The average molecular weight is 372 g/mol. The fourth-order valence-electron chi connectivity index (χ4n) is 2.74. The number of nitrogens with zero attached hydrogens (tertiary/aromatic N) is 2. The summed E-state index contributed by atoms with van der Waals surface area (Å²) >= 11 is 0. The molecule has 0 aliphatic heterocycles. The highest BCUT2D eigenvalue weighted by molar-refractivity contribution is 5.78.